The molecule has 20 heavy (non-hydrogen) atoms. The molecule has 2 aromatic rings. The van der Waals surface area contributed by atoms with E-state index in [1.54, 1.807) is 0 Å². The molecule has 0 N–H and O–H groups in total. The van der Waals surface area contributed by atoms with Crippen LogP contribution >= 0.6 is 0 Å². The molecule has 1 heterocycles. The molecular weight excluding hydrogens is 246 g/mol. The van der Waals surface area contributed by atoms with Crippen LogP contribution in [0.5, 0.6) is 5.75 Å². The van der Waals surface area contributed by atoms with Gasteiger partial charge >= 0.3 is 0 Å². The molecule has 1 unspecified atom stereocenters. The number of benzene rings is 2. The van der Waals surface area contributed by atoms with Crippen LogP contribution in [0.3, 0.4) is 0 Å². The molecule has 3 rings (SSSR count). The first-order valence-electron chi connectivity index (χ1n) is 6.93. The molecule has 0 spiro atoms. The summed E-state index contributed by atoms with van der Waals surface area (Å²) >= 11 is 0. The molecular formula is C18H17NO. The molecule has 100 valence electrons. The highest BCUT2D eigenvalue weighted by Gasteiger charge is 2.38. The zero-order valence-electron chi connectivity index (χ0n) is 11.6. The number of fused-ring (bicyclic) bond motifs is 1. The van der Waals surface area contributed by atoms with Gasteiger partial charge in [-0.3, -0.25) is 0 Å². The van der Waals surface area contributed by atoms with Gasteiger partial charge in [-0.1, -0.05) is 48.0 Å². The molecule has 2 nitrogen and oxygen atoms in total. The molecule has 0 aromatic heterocycles. The van der Waals surface area contributed by atoms with Crippen LogP contribution in [0.15, 0.2) is 48.5 Å². The summed E-state index contributed by atoms with van der Waals surface area (Å²) in [6.07, 6.45) is 1.49. The van der Waals surface area contributed by atoms with Gasteiger partial charge in [-0.05, 0) is 25.0 Å². The van der Waals surface area contributed by atoms with Crippen molar-refractivity contribution in [3.05, 3.63) is 65.2 Å². The number of hydrogen-bond acceptors (Lipinski definition) is 2. The number of aryl methyl sites for hydroxylation is 1. The van der Waals surface area contributed by atoms with Crippen LogP contribution in [0.1, 0.15) is 23.1 Å². The zero-order valence-corrected chi connectivity index (χ0v) is 11.6. The quantitative estimate of drug-likeness (QED) is 0.826. The van der Waals surface area contributed by atoms with E-state index in [2.05, 4.69) is 37.3 Å². The molecule has 2 heteroatoms. The molecule has 0 bridgehead atoms. The van der Waals surface area contributed by atoms with Crippen molar-refractivity contribution in [3.63, 3.8) is 0 Å². The summed E-state index contributed by atoms with van der Waals surface area (Å²) in [4.78, 5) is 0. The SMILES string of the molecule is Cc1cccc(CC2(C#N)CCOc3ccccc32)c1. The van der Waals surface area contributed by atoms with Crippen molar-refractivity contribution in [3.8, 4) is 11.8 Å². The van der Waals surface area contributed by atoms with Crippen molar-refractivity contribution in [2.24, 2.45) is 0 Å². The van der Waals surface area contributed by atoms with Crippen LogP contribution in [-0.2, 0) is 11.8 Å². The molecule has 0 saturated heterocycles. The molecule has 1 aliphatic heterocycles. The third-order valence-corrected chi connectivity index (χ3v) is 3.99. The van der Waals surface area contributed by atoms with Crippen molar-refractivity contribution in [1.29, 1.82) is 5.26 Å². The standard InChI is InChI=1S/C18H17NO/c1-14-5-4-6-15(11-14)12-18(13-19)9-10-20-17-8-3-2-7-16(17)18/h2-8,11H,9-10,12H2,1H3. The van der Waals surface area contributed by atoms with Gasteiger partial charge in [-0.2, -0.15) is 5.26 Å². The second-order valence-electron chi connectivity index (χ2n) is 5.45. The maximum absolute atomic E-state index is 9.81. The van der Waals surface area contributed by atoms with Gasteiger partial charge in [-0.25, -0.2) is 0 Å². The Morgan fingerprint density at radius 2 is 2.05 bits per heavy atom. The molecule has 0 aliphatic carbocycles. The Labute approximate surface area is 119 Å². The van der Waals surface area contributed by atoms with E-state index in [1.165, 1.54) is 11.1 Å². The first-order valence-corrected chi connectivity index (χ1v) is 6.93. The Bertz CT molecular complexity index is 671. The van der Waals surface area contributed by atoms with E-state index in [1.807, 2.05) is 24.3 Å². The Morgan fingerprint density at radius 1 is 1.20 bits per heavy atom. The fourth-order valence-electron chi connectivity index (χ4n) is 2.97. The molecule has 0 saturated carbocycles. The number of nitrogens with zero attached hydrogens (tertiary/aromatic N) is 1. The van der Waals surface area contributed by atoms with Crippen LogP contribution in [-0.4, -0.2) is 6.61 Å². The van der Waals surface area contributed by atoms with E-state index in [9.17, 15) is 5.26 Å². The molecule has 1 atom stereocenters. The van der Waals surface area contributed by atoms with E-state index in [0.29, 0.717) is 6.61 Å². The Kier molecular flexibility index (Phi) is 3.20. The Balaban J connectivity index is 2.03. The van der Waals surface area contributed by atoms with Crippen molar-refractivity contribution in [1.82, 2.24) is 0 Å². The summed E-state index contributed by atoms with van der Waals surface area (Å²) in [7, 11) is 0. The van der Waals surface area contributed by atoms with Crippen molar-refractivity contribution < 1.29 is 4.74 Å². The van der Waals surface area contributed by atoms with E-state index in [4.69, 9.17) is 4.74 Å². The van der Waals surface area contributed by atoms with Gasteiger partial charge in [0.1, 0.15) is 5.75 Å². The second kappa shape index (κ2) is 5.02. The van der Waals surface area contributed by atoms with Gasteiger partial charge in [0.15, 0.2) is 0 Å². The summed E-state index contributed by atoms with van der Waals surface area (Å²) in [5.41, 5.74) is 3.00. The number of rotatable bonds is 2. The summed E-state index contributed by atoms with van der Waals surface area (Å²) < 4.78 is 5.69. The monoisotopic (exact) mass is 263 g/mol. The van der Waals surface area contributed by atoms with Crippen molar-refractivity contribution in [2.45, 2.75) is 25.2 Å². The summed E-state index contributed by atoms with van der Waals surface area (Å²) in [5, 5.41) is 9.81. The lowest BCUT2D eigenvalue weighted by atomic mass is 9.73. The van der Waals surface area contributed by atoms with E-state index < -0.39 is 5.41 Å². The highest BCUT2D eigenvalue weighted by Crippen LogP contribution is 2.40. The number of para-hydroxylation sites is 1. The lowest BCUT2D eigenvalue weighted by molar-refractivity contribution is 0.241. The van der Waals surface area contributed by atoms with Gasteiger partial charge < -0.3 is 4.74 Å². The third-order valence-electron chi connectivity index (χ3n) is 3.99. The lowest BCUT2D eigenvalue weighted by Crippen LogP contribution is -2.33. The maximum atomic E-state index is 9.81. The van der Waals surface area contributed by atoms with Gasteiger partial charge in [-0.15, -0.1) is 0 Å². The number of nitriles is 1. The Morgan fingerprint density at radius 3 is 2.85 bits per heavy atom. The Hall–Kier alpha value is -2.27. The predicted molar refractivity (Wildman–Crippen MR) is 78.7 cm³/mol. The van der Waals surface area contributed by atoms with Gasteiger partial charge in [0.2, 0.25) is 0 Å². The lowest BCUT2D eigenvalue weighted by Gasteiger charge is -2.33. The van der Waals surface area contributed by atoms with Crippen LogP contribution in [0, 0.1) is 18.3 Å². The predicted octanol–water partition coefficient (Wildman–Crippen LogP) is 3.78. The van der Waals surface area contributed by atoms with E-state index in [-0.39, 0.29) is 0 Å². The normalized spacial score (nSPS) is 20.6. The fraction of sp³-hybridized carbons (Fsp3) is 0.278. The minimum atomic E-state index is -0.470. The van der Waals surface area contributed by atoms with Gasteiger partial charge in [0.05, 0.1) is 18.1 Å². The number of hydrogen-bond donors (Lipinski definition) is 0. The minimum absolute atomic E-state index is 0.470. The van der Waals surface area contributed by atoms with E-state index in [0.717, 1.165) is 24.2 Å². The molecule has 0 radical (unpaired) electrons. The average molecular weight is 263 g/mol. The maximum Gasteiger partial charge on any atom is 0.124 e. The molecule has 1 aliphatic rings. The third kappa shape index (κ3) is 2.16. The van der Waals surface area contributed by atoms with Crippen LogP contribution in [0.2, 0.25) is 0 Å². The van der Waals surface area contributed by atoms with Crippen molar-refractivity contribution >= 4 is 0 Å². The number of ether oxygens (including phenoxy) is 1. The largest absolute Gasteiger partial charge is 0.493 e. The zero-order chi connectivity index (χ0) is 14.0. The highest BCUT2D eigenvalue weighted by molar-refractivity contribution is 5.47. The topological polar surface area (TPSA) is 33.0 Å². The highest BCUT2D eigenvalue weighted by atomic mass is 16.5. The second-order valence-corrected chi connectivity index (χ2v) is 5.45. The van der Waals surface area contributed by atoms with Gasteiger partial charge in [0, 0.05) is 12.0 Å². The summed E-state index contributed by atoms with van der Waals surface area (Å²) in [5.74, 6) is 0.855. The van der Waals surface area contributed by atoms with E-state index >= 15 is 0 Å². The first kappa shape index (κ1) is 12.7. The minimum Gasteiger partial charge on any atom is -0.493 e. The smallest absolute Gasteiger partial charge is 0.124 e. The molecule has 0 amide bonds. The summed E-state index contributed by atoms with van der Waals surface area (Å²) in [6, 6.07) is 18.9. The van der Waals surface area contributed by atoms with Crippen LogP contribution < -0.4 is 4.74 Å². The van der Waals surface area contributed by atoms with Crippen LogP contribution in [0.4, 0.5) is 0 Å². The molecule has 0 fully saturated rings. The fourth-order valence-corrected chi connectivity index (χ4v) is 2.97. The van der Waals surface area contributed by atoms with Gasteiger partial charge in [0.25, 0.3) is 0 Å². The van der Waals surface area contributed by atoms with Crippen molar-refractivity contribution in [2.75, 3.05) is 6.61 Å². The van der Waals surface area contributed by atoms with Crippen LogP contribution in [0.25, 0.3) is 0 Å². The summed E-state index contributed by atoms with van der Waals surface area (Å²) in [6.45, 7) is 2.69. The molecule has 2 aromatic carbocycles. The average Bonchev–Trinajstić information content (AvgIpc) is 2.47. The first-order chi connectivity index (χ1) is 9.73.